The first-order valence-electron chi connectivity index (χ1n) is 7.19. The molecule has 22 heavy (non-hydrogen) atoms. The maximum atomic E-state index is 13.4. The minimum Gasteiger partial charge on any atom is -0.398 e. The van der Waals surface area contributed by atoms with Crippen LogP contribution in [-0.2, 0) is 10.8 Å². The van der Waals surface area contributed by atoms with E-state index in [1.54, 1.807) is 12.3 Å². The second-order valence-corrected chi connectivity index (χ2v) is 7.05. The zero-order valence-corrected chi connectivity index (χ0v) is 13.5. The Morgan fingerprint density at radius 2 is 2.00 bits per heavy atom. The first-order valence-corrected chi connectivity index (χ1v) is 8.75. The van der Waals surface area contributed by atoms with E-state index in [-0.39, 0.29) is 5.82 Å². The zero-order chi connectivity index (χ0) is 15.9. The number of hydrogen-bond acceptors (Lipinski definition) is 2. The molecule has 2 N–H and O–H groups in total. The fraction of sp³-hybridized carbons (Fsp3) is 0.222. The number of fused-ring (bicyclic) bond motifs is 1. The highest BCUT2D eigenvalue weighted by atomic mass is 32.2. The molecule has 1 aromatic rings. The summed E-state index contributed by atoms with van der Waals surface area (Å²) in [6, 6.07) is 4.74. The van der Waals surface area contributed by atoms with Crippen LogP contribution in [0.2, 0.25) is 0 Å². The second kappa shape index (κ2) is 5.69. The van der Waals surface area contributed by atoms with Crippen LogP contribution in [0.5, 0.6) is 0 Å². The van der Waals surface area contributed by atoms with E-state index in [1.165, 1.54) is 17.7 Å². The maximum Gasteiger partial charge on any atom is 0.123 e. The third-order valence-electron chi connectivity index (χ3n) is 4.21. The summed E-state index contributed by atoms with van der Waals surface area (Å²) in [5, 5.41) is 0. The molecule has 2 nitrogen and oxygen atoms in total. The Balaban J connectivity index is 2.02. The molecule has 2 aliphatic rings. The van der Waals surface area contributed by atoms with Crippen LogP contribution < -0.4 is 5.73 Å². The van der Waals surface area contributed by atoms with Crippen LogP contribution in [0.25, 0.3) is 11.3 Å². The van der Waals surface area contributed by atoms with E-state index in [4.69, 9.17) is 5.73 Å². The first-order chi connectivity index (χ1) is 10.5. The molecule has 1 unspecified atom stereocenters. The van der Waals surface area contributed by atoms with Crippen LogP contribution in [-0.4, -0.2) is 10.5 Å². The fourth-order valence-electron chi connectivity index (χ4n) is 2.89. The largest absolute Gasteiger partial charge is 0.398 e. The van der Waals surface area contributed by atoms with Gasteiger partial charge in [0.15, 0.2) is 0 Å². The average molecular weight is 315 g/mol. The Bertz CT molecular complexity index is 799. The van der Waals surface area contributed by atoms with Gasteiger partial charge in [-0.05, 0) is 60.3 Å². The summed E-state index contributed by atoms with van der Waals surface area (Å²) in [7, 11) is -0.898. The van der Waals surface area contributed by atoms with Gasteiger partial charge >= 0.3 is 0 Å². The zero-order valence-electron chi connectivity index (χ0n) is 12.7. The van der Waals surface area contributed by atoms with Crippen molar-refractivity contribution in [3.05, 3.63) is 69.4 Å². The molecule has 0 fully saturated rings. The van der Waals surface area contributed by atoms with Crippen molar-refractivity contribution in [3.8, 4) is 0 Å². The Labute approximate surface area is 132 Å². The lowest BCUT2D eigenvalue weighted by molar-refractivity contribution is 0.627. The van der Waals surface area contributed by atoms with Crippen LogP contribution in [0.3, 0.4) is 0 Å². The second-order valence-electron chi connectivity index (χ2n) is 5.62. The molecule has 0 heterocycles. The van der Waals surface area contributed by atoms with Crippen molar-refractivity contribution in [2.75, 3.05) is 6.26 Å². The third-order valence-corrected chi connectivity index (χ3v) is 5.29. The Morgan fingerprint density at radius 1 is 1.23 bits per heavy atom. The van der Waals surface area contributed by atoms with E-state index in [2.05, 4.69) is 6.08 Å². The quantitative estimate of drug-likeness (QED) is 0.899. The molecular weight excluding hydrogens is 297 g/mol. The van der Waals surface area contributed by atoms with E-state index in [9.17, 15) is 8.60 Å². The Kier molecular flexibility index (Phi) is 3.87. The van der Waals surface area contributed by atoms with Crippen LogP contribution >= 0.6 is 0 Å². The van der Waals surface area contributed by atoms with Gasteiger partial charge in [-0.1, -0.05) is 18.2 Å². The average Bonchev–Trinajstić information content (AvgIpc) is 2.73. The molecule has 0 saturated carbocycles. The standard InChI is InChI=1S/C18H18FNOS/c1-11-16(9-12-3-6-14(7-4-12)22(2)21)15-8-5-13(19)10-17(15)18(11)20/h3,5-6,8-10H,4,7,20H2,1-2H3/b16-9-. The molecule has 0 aliphatic heterocycles. The summed E-state index contributed by atoms with van der Waals surface area (Å²) < 4.78 is 24.9. The van der Waals surface area contributed by atoms with Crippen LogP contribution in [0, 0.1) is 5.82 Å². The number of benzene rings is 1. The Morgan fingerprint density at radius 3 is 2.64 bits per heavy atom. The smallest absolute Gasteiger partial charge is 0.123 e. The van der Waals surface area contributed by atoms with E-state index < -0.39 is 10.8 Å². The highest BCUT2D eigenvalue weighted by Gasteiger charge is 2.22. The lowest BCUT2D eigenvalue weighted by atomic mass is 9.97. The van der Waals surface area contributed by atoms with Crippen molar-refractivity contribution in [3.63, 3.8) is 0 Å². The van der Waals surface area contributed by atoms with Gasteiger partial charge in [-0.15, -0.1) is 0 Å². The van der Waals surface area contributed by atoms with Crippen molar-refractivity contribution in [2.45, 2.75) is 19.8 Å². The van der Waals surface area contributed by atoms with E-state index >= 15 is 0 Å². The normalized spacial score (nSPS) is 20.8. The molecule has 1 atom stereocenters. The van der Waals surface area contributed by atoms with Gasteiger partial charge < -0.3 is 5.73 Å². The molecule has 0 aromatic heterocycles. The number of halogens is 1. The molecule has 2 aliphatic carbocycles. The van der Waals surface area contributed by atoms with Crippen molar-refractivity contribution < 1.29 is 8.60 Å². The molecule has 3 rings (SSSR count). The highest BCUT2D eigenvalue weighted by molar-refractivity contribution is 7.88. The van der Waals surface area contributed by atoms with Gasteiger partial charge in [0.2, 0.25) is 0 Å². The summed E-state index contributed by atoms with van der Waals surface area (Å²) in [6.45, 7) is 1.96. The predicted molar refractivity (Wildman–Crippen MR) is 90.6 cm³/mol. The summed E-state index contributed by atoms with van der Waals surface area (Å²) in [4.78, 5) is 0.975. The SMILES string of the molecule is CC1=C(N)c2cc(F)ccc2/C1=C\C1=CC=C(S(C)=O)CC1. The number of allylic oxidation sites excluding steroid dienone is 7. The van der Waals surface area contributed by atoms with Crippen LogP contribution in [0.1, 0.15) is 30.9 Å². The molecule has 0 amide bonds. The topological polar surface area (TPSA) is 43.1 Å². The predicted octanol–water partition coefficient (Wildman–Crippen LogP) is 3.90. The lowest BCUT2D eigenvalue weighted by Gasteiger charge is -2.12. The van der Waals surface area contributed by atoms with Gasteiger partial charge in [-0.25, -0.2) is 4.39 Å². The van der Waals surface area contributed by atoms with E-state index in [0.29, 0.717) is 5.70 Å². The van der Waals surface area contributed by atoms with Gasteiger partial charge in [0.1, 0.15) is 5.82 Å². The molecule has 4 heteroatoms. The number of nitrogens with two attached hydrogens (primary N) is 1. The van der Waals surface area contributed by atoms with Crippen molar-refractivity contribution in [2.24, 2.45) is 5.73 Å². The van der Waals surface area contributed by atoms with Crippen molar-refractivity contribution >= 4 is 22.1 Å². The van der Waals surface area contributed by atoms with Crippen LogP contribution in [0.15, 0.2) is 52.5 Å². The van der Waals surface area contributed by atoms with Gasteiger partial charge in [-0.2, -0.15) is 0 Å². The highest BCUT2D eigenvalue weighted by Crippen LogP contribution is 2.40. The number of rotatable bonds is 2. The van der Waals surface area contributed by atoms with Gasteiger partial charge in [-0.3, -0.25) is 4.21 Å². The first kappa shape index (κ1) is 15.0. The molecule has 1 aromatic carbocycles. The summed E-state index contributed by atoms with van der Waals surface area (Å²) in [5.41, 5.74) is 11.7. The molecule has 0 radical (unpaired) electrons. The minimum absolute atomic E-state index is 0.273. The van der Waals surface area contributed by atoms with E-state index in [1.807, 2.05) is 19.1 Å². The van der Waals surface area contributed by atoms with Gasteiger partial charge in [0.25, 0.3) is 0 Å². The summed E-state index contributed by atoms with van der Waals surface area (Å²) >= 11 is 0. The van der Waals surface area contributed by atoms with Crippen molar-refractivity contribution in [1.29, 1.82) is 0 Å². The fourth-order valence-corrected chi connectivity index (χ4v) is 3.54. The molecule has 0 bridgehead atoms. The van der Waals surface area contributed by atoms with Gasteiger partial charge in [0, 0.05) is 33.2 Å². The monoisotopic (exact) mass is 315 g/mol. The molecule has 0 saturated heterocycles. The summed E-state index contributed by atoms with van der Waals surface area (Å²) in [5.74, 6) is -0.273. The minimum atomic E-state index is -0.898. The molecular formula is C18H18FNOS. The Hall–Kier alpha value is -1.94. The molecule has 0 spiro atoms. The summed E-state index contributed by atoms with van der Waals surface area (Å²) in [6.07, 6.45) is 9.44. The van der Waals surface area contributed by atoms with E-state index in [0.717, 1.165) is 40.0 Å². The van der Waals surface area contributed by atoms with Gasteiger partial charge in [0.05, 0.1) is 0 Å². The van der Waals surface area contributed by atoms with Crippen molar-refractivity contribution in [1.82, 2.24) is 0 Å². The third kappa shape index (κ3) is 2.59. The molecule has 114 valence electrons. The van der Waals surface area contributed by atoms with Crippen LogP contribution in [0.4, 0.5) is 4.39 Å². The lowest BCUT2D eigenvalue weighted by Crippen LogP contribution is -1.97. The maximum absolute atomic E-state index is 13.4. The number of hydrogen-bond donors (Lipinski definition) is 1.